The molecule has 0 spiro atoms. The Hall–Kier alpha value is -4.35. The maximum absolute atomic E-state index is 14.2. The number of piperazine rings is 1. The number of hydrogen-bond donors (Lipinski definition) is 1. The molecule has 0 amide bonds. The molecule has 1 fully saturated rings. The lowest BCUT2D eigenvalue weighted by molar-refractivity contribution is 0.255. The normalized spacial score (nSPS) is 14.3. The maximum Gasteiger partial charge on any atom is 0.256 e. The minimum Gasteiger partial charge on any atom is -0.369 e. The molecule has 0 aliphatic carbocycles. The molecule has 192 valence electrons. The Labute approximate surface area is 219 Å². The average molecular weight is 512 g/mol. The van der Waals surface area contributed by atoms with Crippen LogP contribution in [-0.4, -0.2) is 48.8 Å². The zero-order chi connectivity index (χ0) is 26.5. The van der Waals surface area contributed by atoms with Gasteiger partial charge in [0.25, 0.3) is 5.56 Å². The van der Waals surface area contributed by atoms with E-state index in [0.717, 1.165) is 50.5 Å². The van der Waals surface area contributed by atoms with Crippen molar-refractivity contribution < 1.29 is 8.78 Å². The Morgan fingerprint density at radius 1 is 0.921 bits per heavy atom. The van der Waals surface area contributed by atoms with Crippen molar-refractivity contribution in [3.63, 3.8) is 0 Å². The van der Waals surface area contributed by atoms with Crippen LogP contribution in [0.2, 0.25) is 0 Å². The van der Waals surface area contributed by atoms with Crippen LogP contribution in [-0.2, 0) is 6.42 Å². The zero-order valence-corrected chi connectivity index (χ0v) is 20.8. The summed E-state index contributed by atoms with van der Waals surface area (Å²) in [5.41, 5.74) is 3.27. The Kier molecular flexibility index (Phi) is 7.57. The fourth-order valence-electron chi connectivity index (χ4n) is 4.77. The van der Waals surface area contributed by atoms with E-state index < -0.39 is 5.82 Å². The van der Waals surface area contributed by atoms with Gasteiger partial charge in [-0.1, -0.05) is 12.1 Å². The lowest BCUT2D eigenvalue weighted by atomic mass is 10.1. The van der Waals surface area contributed by atoms with E-state index in [9.17, 15) is 13.6 Å². The lowest BCUT2D eigenvalue weighted by Crippen LogP contribution is -2.46. The SMILES string of the molecule is N#Cc1ccc(N2CCN(CCCc3cc4c(N=Cc5ccc(F)cc5)cc(F)cc4c(=O)[nH]3)CC2)cc1. The number of aryl methyl sites for hydroxylation is 1. The van der Waals surface area contributed by atoms with Crippen molar-refractivity contribution in [2.75, 3.05) is 37.6 Å². The molecule has 5 rings (SSSR count). The first-order valence-electron chi connectivity index (χ1n) is 12.6. The zero-order valence-electron chi connectivity index (χ0n) is 20.8. The van der Waals surface area contributed by atoms with Crippen molar-refractivity contribution in [3.8, 4) is 6.07 Å². The molecule has 1 saturated heterocycles. The Bertz CT molecular complexity index is 1550. The van der Waals surface area contributed by atoms with Crippen LogP contribution in [0.5, 0.6) is 0 Å². The molecule has 0 bridgehead atoms. The average Bonchev–Trinajstić information content (AvgIpc) is 2.93. The molecule has 0 saturated carbocycles. The number of H-pyrrole nitrogens is 1. The molecule has 1 aromatic heterocycles. The van der Waals surface area contributed by atoms with Crippen molar-refractivity contribution in [2.45, 2.75) is 12.8 Å². The third-order valence-electron chi connectivity index (χ3n) is 6.84. The Morgan fingerprint density at radius 2 is 1.66 bits per heavy atom. The molecule has 2 heterocycles. The number of aromatic amines is 1. The first-order valence-corrected chi connectivity index (χ1v) is 12.6. The molecule has 0 unspecified atom stereocenters. The van der Waals surface area contributed by atoms with Crippen LogP contribution in [0.15, 0.2) is 76.5 Å². The molecule has 8 heteroatoms. The number of halogens is 2. The third kappa shape index (κ3) is 5.96. The number of pyridine rings is 1. The number of nitrogens with one attached hydrogen (secondary N) is 1. The monoisotopic (exact) mass is 511 g/mol. The second kappa shape index (κ2) is 11.4. The van der Waals surface area contributed by atoms with E-state index in [1.165, 1.54) is 30.5 Å². The van der Waals surface area contributed by atoms with Crippen LogP contribution in [0.3, 0.4) is 0 Å². The highest BCUT2D eigenvalue weighted by Gasteiger charge is 2.17. The van der Waals surface area contributed by atoms with Crippen molar-refractivity contribution in [3.05, 3.63) is 106 Å². The Balaban J connectivity index is 1.23. The van der Waals surface area contributed by atoms with E-state index >= 15 is 0 Å². The second-order valence-electron chi connectivity index (χ2n) is 9.41. The van der Waals surface area contributed by atoms with Crippen LogP contribution in [0.1, 0.15) is 23.2 Å². The van der Waals surface area contributed by atoms with Crippen LogP contribution < -0.4 is 10.5 Å². The summed E-state index contributed by atoms with van der Waals surface area (Å²) < 4.78 is 27.4. The first kappa shape index (κ1) is 25.3. The first-order chi connectivity index (χ1) is 18.5. The number of rotatable bonds is 7. The molecule has 0 atom stereocenters. The van der Waals surface area contributed by atoms with Gasteiger partial charge in [0, 0.05) is 55.2 Å². The highest BCUT2D eigenvalue weighted by Crippen LogP contribution is 2.26. The summed E-state index contributed by atoms with van der Waals surface area (Å²) >= 11 is 0. The summed E-state index contributed by atoms with van der Waals surface area (Å²) in [6, 6.07) is 20.1. The molecule has 0 radical (unpaired) electrons. The molecule has 1 N–H and O–H groups in total. The van der Waals surface area contributed by atoms with Gasteiger partial charge in [0.05, 0.1) is 22.7 Å². The standard InChI is InChI=1S/C30H27F2N5O/c31-23-7-3-22(4-8-23)20-34-29-17-24(32)16-28-27(29)18-25(35-30(28)38)2-1-11-36-12-14-37(15-13-36)26-9-5-21(19-33)6-10-26/h3-10,16-18,20H,1-2,11-15H2,(H,35,38). The van der Waals surface area contributed by atoms with Crippen LogP contribution in [0.4, 0.5) is 20.2 Å². The molecular weight excluding hydrogens is 484 g/mol. The predicted molar refractivity (Wildman–Crippen MR) is 146 cm³/mol. The van der Waals surface area contributed by atoms with Gasteiger partial charge in [0.1, 0.15) is 11.6 Å². The van der Waals surface area contributed by atoms with E-state index in [2.05, 4.69) is 25.8 Å². The number of aliphatic imine (C=N–C) groups is 1. The number of fused-ring (bicyclic) bond motifs is 1. The van der Waals surface area contributed by atoms with E-state index in [4.69, 9.17) is 5.26 Å². The summed E-state index contributed by atoms with van der Waals surface area (Å²) in [5, 5.41) is 9.82. The number of aromatic nitrogens is 1. The van der Waals surface area contributed by atoms with E-state index in [1.54, 1.807) is 12.1 Å². The number of benzene rings is 3. The van der Waals surface area contributed by atoms with E-state index in [-0.39, 0.29) is 16.8 Å². The van der Waals surface area contributed by atoms with Crippen LogP contribution in [0.25, 0.3) is 10.8 Å². The van der Waals surface area contributed by atoms with Crippen LogP contribution >= 0.6 is 0 Å². The van der Waals surface area contributed by atoms with Crippen molar-refractivity contribution in [1.82, 2.24) is 9.88 Å². The van der Waals surface area contributed by atoms with Gasteiger partial charge >= 0.3 is 0 Å². The van der Waals surface area contributed by atoms with Gasteiger partial charge in [-0.05, 0) is 73.5 Å². The smallest absolute Gasteiger partial charge is 0.256 e. The van der Waals surface area contributed by atoms with Gasteiger partial charge in [-0.3, -0.25) is 14.7 Å². The fraction of sp³-hybridized carbons (Fsp3) is 0.233. The molecule has 6 nitrogen and oxygen atoms in total. The van der Waals surface area contributed by atoms with E-state index in [1.807, 2.05) is 30.3 Å². The minimum atomic E-state index is -0.540. The number of anilines is 1. The van der Waals surface area contributed by atoms with Gasteiger partial charge in [-0.15, -0.1) is 0 Å². The number of nitriles is 1. The van der Waals surface area contributed by atoms with E-state index in [0.29, 0.717) is 28.6 Å². The summed E-state index contributed by atoms with van der Waals surface area (Å²) in [5.74, 6) is -0.884. The van der Waals surface area contributed by atoms with Gasteiger partial charge < -0.3 is 9.88 Å². The highest BCUT2D eigenvalue weighted by atomic mass is 19.1. The topological polar surface area (TPSA) is 75.5 Å². The molecule has 38 heavy (non-hydrogen) atoms. The minimum absolute atomic E-state index is 0.249. The summed E-state index contributed by atoms with van der Waals surface area (Å²) in [4.78, 5) is 24.8. The summed E-state index contributed by atoms with van der Waals surface area (Å²) in [6.07, 6.45) is 3.08. The number of nitrogens with zero attached hydrogens (tertiary/aromatic N) is 4. The fourth-order valence-corrected chi connectivity index (χ4v) is 4.77. The maximum atomic E-state index is 14.2. The summed E-state index contributed by atoms with van der Waals surface area (Å²) in [7, 11) is 0. The van der Waals surface area contributed by atoms with Gasteiger partial charge in [0.15, 0.2) is 0 Å². The predicted octanol–water partition coefficient (Wildman–Crippen LogP) is 5.18. The lowest BCUT2D eigenvalue weighted by Gasteiger charge is -2.36. The molecule has 1 aliphatic heterocycles. The van der Waals surface area contributed by atoms with Gasteiger partial charge in [-0.2, -0.15) is 5.26 Å². The molecule has 4 aromatic rings. The largest absolute Gasteiger partial charge is 0.369 e. The second-order valence-corrected chi connectivity index (χ2v) is 9.41. The van der Waals surface area contributed by atoms with Gasteiger partial charge in [-0.25, -0.2) is 8.78 Å². The van der Waals surface area contributed by atoms with Gasteiger partial charge in [0.2, 0.25) is 0 Å². The molecular formula is C30H27F2N5O. The van der Waals surface area contributed by atoms with Crippen molar-refractivity contribution in [1.29, 1.82) is 5.26 Å². The molecule has 1 aliphatic rings. The summed E-state index contributed by atoms with van der Waals surface area (Å²) in [6.45, 7) is 4.62. The quantitative estimate of drug-likeness (QED) is 0.347. The van der Waals surface area contributed by atoms with Crippen LogP contribution in [0, 0.1) is 23.0 Å². The number of hydrogen-bond acceptors (Lipinski definition) is 5. The van der Waals surface area contributed by atoms with Crippen molar-refractivity contribution >= 4 is 28.4 Å². The Morgan fingerprint density at radius 3 is 2.37 bits per heavy atom. The molecule has 3 aromatic carbocycles. The highest BCUT2D eigenvalue weighted by molar-refractivity contribution is 5.95. The third-order valence-corrected chi connectivity index (χ3v) is 6.84. The van der Waals surface area contributed by atoms with Crippen molar-refractivity contribution in [2.24, 2.45) is 4.99 Å².